The third kappa shape index (κ3) is 4.35. The Kier molecular flexibility index (Phi) is 5.78. The first-order valence-electron chi connectivity index (χ1n) is 8.86. The normalized spacial score (nSPS) is 20.0. The van der Waals surface area contributed by atoms with Crippen LogP contribution in [0.25, 0.3) is 0 Å². The number of ether oxygens (including phenoxy) is 2. The van der Waals surface area contributed by atoms with Crippen LogP contribution < -0.4 is 20.1 Å². The van der Waals surface area contributed by atoms with E-state index in [1.54, 1.807) is 13.3 Å². The number of nitrogens with one attached hydrogen (secondary N) is 2. The summed E-state index contributed by atoms with van der Waals surface area (Å²) in [5, 5.41) is 6.21. The Morgan fingerprint density at radius 3 is 2.77 bits per heavy atom. The van der Waals surface area contributed by atoms with Crippen molar-refractivity contribution in [3.05, 3.63) is 30.5 Å². The van der Waals surface area contributed by atoms with E-state index in [4.69, 9.17) is 9.47 Å². The van der Waals surface area contributed by atoms with Gasteiger partial charge in [-0.2, -0.15) is 4.98 Å². The van der Waals surface area contributed by atoms with Crippen LogP contribution in [0.4, 0.5) is 17.5 Å². The zero-order valence-corrected chi connectivity index (χ0v) is 15.8. The Morgan fingerprint density at radius 1 is 1.23 bits per heavy atom. The van der Waals surface area contributed by atoms with Gasteiger partial charge < -0.3 is 25.0 Å². The van der Waals surface area contributed by atoms with Gasteiger partial charge in [0.25, 0.3) is 0 Å². The maximum atomic E-state index is 6.11. The summed E-state index contributed by atoms with van der Waals surface area (Å²) in [6.07, 6.45) is 1.71. The Hall–Kier alpha value is -2.54. The SMILES string of the molecule is CNc1ccnc(Nc2ccc(OC)c(OCC3CN(C)CC3C)c2)n1. The monoisotopic (exact) mass is 357 g/mol. The molecule has 2 unspecified atom stereocenters. The van der Waals surface area contributed by atoms with E-state index in [-0.39, 0.29) is 0 Å². The van der Waals surface area contributed by atoms with Crippen molar-refractivity contribution >= 4 is 17.5 Å². The van der Waals surface area contributed by atoms with Gasteiger partial charge in [0, 0.05) is 44.0 Å². The molecule has 0 amide bonds. The number of likely N-dealkylation sites (tertiary alicyclic amines) is 1. The van der Waals surface area contributed by atoms with Crippen LogP contribution in [-0.4, -0.2) is 55.8 Å². The van der Waals surface area contributed by atoms with Crippen molar-refractivity contribution in [2.24, 2.45) is 11.8 Å². The van der Waals surface area contributed by atoms with E-state index in [0.29, 0.717) is 24.4 Å². The standard InChI is InChI=1S/C19H27N5O2/c1-13-10-24(3)11-14(13)12-26-17-9-15(5-6-16(17)25-4)22-19-21-8-7-18(20-2)23-19/h5-9,13-14H,10-12H2,1-4H3,(H2,20,21,22,23). The maximum absolute atomic E-state index is 6.11. The molecule has 140 valence electrons. The van der Waals surface area contributed by atoms with Gasteiger partial charge in [-0.05, 0) is 31.2 Å². The molecule has 2 atom stereocenters. The molecule has 0 bridgehead atoms. The van der Waals surface area contributed by atoms with Crippen molar-refractivity contribution in [1.29, 1.82) is 0 Å². The lowest BCUT2D eigenvalue weighted by molar-refractivity contribution is 0.220. The van der Waals surface area contributed by atoms with Gasteiger partial charge in [-0.15, -0.1) is 0 Å². The highest BCUT2D eigenvalue weighted by atomic mass is 16.5. The van der Waals surface area contributed by atoms with Crippen molar-refractivity contribution in [1.82, 2.24) is 14.9 Å². The van der Waals surface area contributed by atoms with Gasteiger partial charge >= 0.3 is 0 Å². The van der Waals surface area contributed by atoms with Crippen LogP contribution >= 0.6 is 0 Å². The number of aromatic nitrogens is 2. The van der Waals surface area contributed by atoms with Crippen LogP contribution in [0.3, 0.4) is 0 Å². The zero-order valence-electron chi connectivity index (χ0n) is 15.8. The van der Waals surface area contributed by atoms with Gasteiger partial charge in [-0.1, -0.05) is 6.92 Å². The molecule has 26 heavy (non-hydrogen) atoms. The molecule has 1 aromatic heterocycles. The Balaban J connectivity index is 1.71. The van der Waals surface area contributed by atoms with E-state index in [1.807, 2.05) is 31.3 Å². The summed E-state index contributed by atoms with van der Waals surface area (Å²) in [5.41, 5.74) is 0.852. The highest BCUT2D eigenvalue weighted by Gasteiger charge is 2.28. The quantitative estimate of drug-likeness (QED) is 0.789. The fraction of sp³-hybridized carbons (Fsp3) is 0.474. The third-order valence-electron chi connectivity index (χ3n) is 4.73. The minimum atomic E-state index is 0.525. The molecule has 7 nitrogen and oxygen atoms in total. The minimum Gasteiger partial charge on any atom is -0.493 e. The Bertz CT molecular complexity index is 740. The number of nitrogens with zero attached hydrogens (tertiary/aromatic N) is 3. The second kappa shape index (κ2) is 8.23. The van der Waals surface area contributed by atoms with E-state index >= 15 is 0 Å². The van der Waals surface area contributed by atoms with Gasteiger partial charge in [-0.25, -0.2) is 4.98 Å². The summed E-state index contributed by atoms with van der Waals surface area (Å²) in [6.45, 7) is 5.13. The first-order valence-corrected chi connectivity index (χ1v) is 8.86. The predicted octanol–water partition coefficient (Wildman–Crippen LogP) is 2.85. The summed E-state index contributed by atoms with van der Waals surface area (Å²) in [7, 11) is 5.63. The summed E-state index contributed by atoms with van der Waals surface area (Å²) >= 11 is 0. The lowest BCUT2D eigenvalue weighted by atomic mass is 9.99. The summed E-state index contributed by atoms with van der Waals surface area (Å²) < 4.78 is 11.6. The van der Waals surface area contributed by atoms with Crippen LogP contribution in [0.2, 0.25) is 0 Å². The maximum Gasteiger partial charge on any atom is 0.229 e. The van der Waals surface area contributed by atoms with Crippen molar-refractivity contribution < 1.29 is 9.47 Å². The summed E-state index contributed by atoms with van der Waals surface area (Å²) in [5.74, 6) is 3.89. The van der Waals surface area contributed by atoms with Gasteiger partial charge in [0.1, 0.15) is 5.82 Å². The van der Waals surface area contributed by atoms with Crippen molar-refractivity contribution in [2.75, 3.05) is 51.5 Å². The average Bonchev–Trinajstić information content (AvgIpc) is 2.97. The van der Waals surface area contributed by atoms with Crippen LogP contribution in [-0.2, 0) is 0 Å². The summed E-state index contributed by atoms with van der Waals surface area (Å²) in [6, 6.07) is 7.56. The van der Waals surface area contributed by atoms with Gasteiger partial charge in [-0.3, -0.25) is 0 Å². The number of anilines is 3. The molecule has 2 aromatic rings. The first kappa shape index (κ1) is 18.3. The molecular weight excluding hydrogens is 330 g/mol. The fourth-order valence-electron chi connectivity index (χ4n) is 3.26. The second-order valence-electron chi connectivity index (χ2n) is 6.78. The zero-order chi connectivity index (χ0) is 18.5. The minimum absolute atomic E-state index is 0.525. The van der Waals surface area contributed by atoms with Crippen LogP contribution in [0.5, 0.6) is 11.5 Å². The van der Waals surface area contributed by atoms with Gasteiger partial charge in [0.15, 0.2) is 11.5 Å². The van der Waals surface area contributed by atoms with Crippen LogP contribution in [0.15, 0.2) is 30.5 Å². The van der Waals surface area contributed by atoms with Gasteiger partial charge in [0.2, 0.25) is 5.95 Å². The fourth-order valence-corrected chi connectivity index (χ4v) is 3.26. The molecule has 1 aliphatic rings. The number of hydrogen-bond donors (Lipinski definition) is 2. The average molecular weight is 357 g/mol. The molecule has 0 saturated carbocycles. The molecule has 3 rings (SSSR count). The molecule has 1 aliphatic heterocycles. The number of rotatable bonds is 7. The molecule has 1 saturated heterocycles. The van der Waals surface area contributed by atoms with E-state index in [0.717, 1.165) is 36.1 Å². The van der Waals surface area contributed by atoms with Crippen molar-refractivity contribution in [2.45, 2.75) is 6.92 Å². The smallest absolute Gasteiger partial charge is 0.229 e. The molecule has 7 heteroatoms. The number of hydrogen-bond acceptors (Lipinski definition) is 7. The second-order valence-corrected chi connectivity index (χ2v) is 6.78. The highest BCUT2D eigenvalue weighted by Crippen LogP contribution is 2.32. The molecule has 2 N–H and O–H groups in total. The molecule has 1 aromatic carbocycles. The number of benzene rings is 1. The molecule has 1 fully saturated rings. The highest BCUT2D eigenvalue weighted by molar-refractivity contribution is 5.60. The van der Waals surface area contributed by atoms with Crippen molar-refractivity contribution in [3.8, 4) is 11.5 Å². The number of methoxy groups -OCH3 is 1. The first-order chi connectivity index (χ1) is 12.6. The van der Waals surface area contributed by atoms with Crippen LogP contribution in [0.1, 0.15) is 6.92 Å². The van der Waals surface area contributed by atoms with E-state index in [9.17, 15) is 0 Å². The Morgan fingerprint density at radius 2 is 2.08 bits per heavy atom. The molecule has 2 heterocycles. The van der Waals surface area contributed by atoms with E-state index in [1.165, 1.54) is 0 Å². The molecular formula is C19H27N5O2. The third-order valence-corrected chi connectivity index (χ3v) is 4.73. The molecule has 0 spiro atoms. The van der Waals surface area contributed by atoms with E-state index in [2.05, 4.69) is 39.5 Å². The lowest BCUT2D eigenvalue weighted by Crippen LogP contribution is -2.19. The predicted molar refractivity (Wildman–Crippen MR) is 104 cm³/mol. The van der Waals surface area contributed by atoms with Gasteiger partial charge in [0.05, 0.1) is 13.7 Å². The lowest BCUT2D eigenvalue weighted by Gasteiger charge is -2.18. The van der Waals surface area contributed by atoms with Crippen LogP contribution in [0, 0.1) is 11.8 Å². The van der Waals surface area contributed by atoms with Crippen molar-refractivity contribution in [3.63, 3.8) is 0 Å². The topological polar surface area (TPSA) is 71.5 Å². The Labute approximate surface area is 154 Å². The summed E-state index contributed by atoms with van der Waals surface area (Å²) in [4.78, 5) is 11.0. The van der Waals surface area contributed by atoms with E-state index < -0.39 is 0 Å². The molecule has 0 radical (unpaired) electrons. The molecule has 0 aliphatic carbocycles. The largest absolute Gasteiger partial charge is 0.493 e.